The topological polar surface area (TPSA) is 52.6 Å². The molecule has 0 saturated heterocycles. The van der Waals surface area contributed by atoms with Crippen molar-refractivity contribution in [1.29, 1.82) is 0 Å². The Kier molecular flexibility index (Phi) is 5.12. The van der Waals surface area contributed by atoms with Gasteiger partial charge in [-0.3, -0.25) is 4.79 Å². The highest BCUT2D eigenvalue weighted by Gasteiger charge is 2.02. The van der Waals surface area contributed by atoms with Gasteiger partial charge in [-0.05, 0) is 6.42 Å². The molecule has 0 aliphatic rings. The minimum absolute atomic E-state index is 0.176. The van der Waals surface area contributed by atoms with Crippen molar-refractivity contribution in [3.05, 3.63) is 12.3 Å². The van der Waals surface area contributed by atoms with E-state index in [-0.39, 0.29) is 5.91 Å². The molecule has 0 aromatic rings. The fraction of sp³-hybridized carbons (Fsp3) is 0.625. The maximum Gasteiger partial charge on any atom is 0.245 e. The molecule has 70 valence electrons. The first-order valence-corrected chi connectivity index (χ1v) is 3.91. The van der Waals surface area contributed by atoms with Gasteiger partial charge in [0.1, 0.15) is 6.23 Å². The number of hydrogen-bond acceptors (Lipinski definition) is 3. The van der Waals surface area contributed by atoms with Crippen LogP contribution in [0.3, 0.4) is 0 Å². The van der Waals surface area contributed by atoms with Gasteiger partial charge >= 0.3 is 0 Å². The molecule has 0 radical (unpaired) electrons. The van der Waals surface area contributed by atoms with Gasteiger partial charge in [0.2, 0.25) is 5.91 Å². The van der Waals surface area contributed by atoms with E-state index in [0.717, 1.165) is 0 Å². The summed E-state index contributed by atoms with van der Waals surface area (Å²) in [7, 11) is 3.27. The molecule has 4 nitrogen and oxygen atoms in total. The average Bonchev–Trinajstić information content (AvgIpc) is 2.11. The third-order valence-corrected chi connectivity index (χ3v) is 1.54. The van der Waals surface area contributed by atoms with Crippen molar-refractivity contribution in [2.24, 2.45) is 0 Å². The van der Waals surface area contributed by atoms with Crippen molar-refractivity contribution in [2.75, 3.05) is 14.1 Å². The molecule has 0 aromatic heterocycles. The number of likely N-dealkylation sites (N-methyl/N-ethyl adjacent to an activating group) is 1. The quantitative estimate of drug-likeness (QED) is 0.460. The van der Waals surface area contributed by atoms with Gasteiger partial charge in [0, 0.05) is 26.4 Å². The molecule has 2 N–H and O–H groups in total. The lowest BCUT2D eigenvalue weighted by Crippen LogP contribution is -2.26. The summed E-state index contributed by atoms with van der Waals surface area (Å²) < 4.78 is 0. The molecule has 0 aliphatic carbocycles. The molecule has 12 heavy (non-hydrogen) atoms. The number of nitrogens with one attached hydrogen (secondary N) is 1. The highest BCUT2D eigenvalue weighted by Crippen LogP contribution is 1.96. The molecule has 0 heterocycles. The van der Waals surface area contributed by atoms with Crippen LogP contribution in [0.25, 0.3) is 0 Å². The van der Waals surface area contributed by atoms with Gasteiger partial charge in [0.15, 0.2) is 0 Å². The smallest absolute Gasteiger partial charge is 0.245 e. The monoisotopic (exact) mass is 172 g/mol. The summed E-state index contributed by atoms with van der Waals surface area (Å²) >= 11 is 0. The first-order valence-electron chi connectivity index (χ1n) is 3.91. The van der Waals surface area contributed by atoms with Crippen molar-refractivity contribution < 1.29 is 9.90 Å². The van der Waals surface area contributed by atoms with Gasteiger partial charge in [0.05, 0.1) is 0 Å². The van der Waals surface area contributed by atoms with Crippen molar-refractivity contribution >= 4 is 5.91 Å². The molecular formula is C8H16N2O2. The standard InChI is InChI=1S/C8H16N2O2/c1-4-8(12)10(3)6-5-7(11)9-2/h5-6,8,12H,4H2,1-3H3,(H,9,11). The molecule has 0 rings (SSSR count). The fourth-order valence-corrected chi connectivity index (χ4v) is 0.656. The fourth-order valence-electron chi connectivity index (χ4n) is 0.656. The van der Waals surface area contributed by atoms with Crippen LogP contribution in [0.5, 0.6) is 0 Å². The van der Waals surface area contributed by atoms with Crippen LogP contribution >= 0.6 is 0 Å². The molecule has 0 spiro atoms. The zero-order chi connectivity index (χ0) is 9.56. The zero-order valence-corrected chi connectivity index (χ0v) is 7.74. The normalized spacial score (nSPS) is 13.0. The van der Waals surface area contributed by atoms with Crippen molar-refractivity contribution in [3.63, 3.8) is 0 Å². The van der Waals surface area contributed by atoms with Gasteiger partial charge in [-0.15, -0.1) is 0 Å². The third kappa shape index (κ3) is 3.98. The maximum atomic E-state index is 10.7. The largest absolute Gasteiger partial charge is 0.374 e. The molecule has 0 saturated carbocycles. The van der Waals surface area contributed by atoms with E-state index in [9.17, 15) is 9.90 Å². The Morgan fingerprint density at radius 3 is 2.75 bits per heavy atom. The molecule has 1 unspecified atom stereocenters. The van der Waals surface area contributed by atoms with Crippen LogP contribution in [0.2, 0.25) is 0 Å². The molecule has 1 atom stereocenters. The molecule has 0 aromatic carbocycles. The number of aliphatic hydroxyl groups excluding tert-OH is 1. The van der Waals surface area contributed by atoms with Gasteiger partial charge in [-0.2, -0.15) is 0 Å². The number of carbonyl (C=O) groups excluding carboxylic acids is 1. The van der Waals surface area contributed by atoms with Gasteiger partial charge in [-0.1, -0.05) is 6.92 Å². The lowest BCUT2D eigenvalue weighted by atomic mass is 10.4. The highest BCUT2D eigenvalue weighted by molar-refractivity contribution is 5.86. The summed E-state index contributed by atoms with van der Waals surface area (Å²) in [5.41, 5.74) is 0. The summed E-state index contributed by atoms with van der Waals surface area (Å²) in [5, 5.41) is 11.7. The first kappa shape index (κ1) is 11.0. The van der Waals surface area contributed by atoms with E-state index in [2.05, 4.69) is 5.32 Å². The minimum atomic E-state index is -0.522. The summed E-state index contributed by atoms with van der Waals surface area (Å²) in [4.78, 5) is 12.3. The second-order valence-electron chi connectivity index (χ2n) is 2.48. The van der Waals surface area contributed by atoms with E-state index < -0.39 is 6.23 Å². The minimum Gasteiger partial charge on any atom is -0.374 e. The van der Waals surface area contributed by atoms with Crippen LogP contribution in [0, 0.1) is 0 Å². The Balaban J connectivity index is 3.90. The van der Waals surface area contributed by atoms with E-state index in [1.807, 2.05) is 6.92 Å². The maximum absolute atomic E-state index is 10.7. The van der Waals surface area contributed by atoms with Crippen LogP contribution in [0.1, 0.15) is 13.3 Å². The average molecular weight is 172 g/mol. The van der Waals surface area contributed by atoms with Crippen LogP contribution < -0.4 is 5.32 Å². The number of aliphatic hydroxyl groups is 1. The van der Waals surface area contributed by atoms with E-state index >= 15 is 0 Å². The summed E-state index contributed by atoms with van der Waals surface area (Å²) in [5.74, 6) is -0.176. The van der Waals surface area contributed by atoms with Gasteiger partial charge in [-0.25, -0.2) is 0 Å². The van der Waals surface area contributed by atoms with E-state index in [1.165, 1.54) is 6.08 Å². The van der Waals surface area contributed by atoms with Crippen LogP contribution in [-0.4, -0.2) is 36.2 Å². The Labute approximate surface area is 72.9 Å². The van der Waals surface area contributed by atoms with E-state index in [1.54, 1.807) is 25.2 Å². The lowest BCUT2D eigenvalue weighted by molar-refractivity contribution is -0.116. The predicted octanol–water partition coefficient (Wildman–Crippen LogP) is -0.0937. The third-order valence-electron chi connectivity index (χ3n) is 1.54. The van der Waals surface area contributed by atoms with E-state index in [0.29, 0.717) is 6.42 Å². The molecule has 4 heteroatoms. The van der Waals surface area contributed by atoms with Crippen LogP contribution in [0.4, 0.5) is 0 Å². The molecule has 0 bridgehead atoms. The number of carbonyl (C=O) groups is 1. The lowest BCUT2D eigenvalue weighted by Gasteiger charge is -2.19. The SMILES string of the molecule is CCC(O)N(C)C=CC(=O)NC. The predicted molar refractivity (Wildman–Crippen MR) is 47.3 cm³/mol. The van der Waals surface area contributed by atoms with Crippen LogP contribution in [0.15, 0.2) is 12.3 Å². The Morgan fingerprint density at radius 1 is 1.75 bits per heavy atom. The van der Waals surface area contributed by atoms with Crippen molar-refractivity contribution in [2.45, 2.75) is 19.6 Å². The first-order chi connectivity index (χ1) is 5.61. The second-order valence-corrected chi connectivity index (χ2v) is 2.48. The molecule has 0 fully saturated rings. The van der Waals surface area contributed by atoms with Gasteiger partial charge in [0.25, 0.3) is 0 Å². The molecule has 0 aliphatic heterocycles. The Hall–Kier alpha value is -1.03. The molecular weight excluding hydrogens is 156 g/mol. The van der Waals surface area contributed by atoms with Crippen molar-refractivity contribution in [1.82, 2.24) is 10.2 Å². The number of amides is 1. The van der Waals surface area contributed by atoms with Crippen LogP contribution in [-0.2, 0) is 4.79 Å². The summed E-state index contributed by atoms with van der Waals surface area (Å²) in [6, 6.07) is 0. The highest BCUT2D eigenvalue weighted by atomic mass is 16.3. The molecule has 1 amide bonds. The Morgan fingerprint density at radius 2 is 2.33 bits per heavy atom. The number of nitrogens with zero attached hydrogens (tertiary/aromatic N) is 1. The number of hydrogen-bond donors (Lipinski definition) is 2. The number of rotatable bonds is 4. The summed E-state index contributed by atoms with van der Waals surface area (Å²) in [6.45, 7) is 1.87. The van der Waals surface area contributed by atoms with Gasteiger partial charge < -0.3 is 15.3 Å². The van der Waals surface area contributed by atoms with E-state index in [4.69, 9.17) is 0 Å². The van der Waals surface area contributed by atoms with Crippen molar-refractivity contribution in [3.8, 4) is 0 Å². The summed E-state index contributed by atoms with van der Waals surface area (Å²) in [6.07, 6.45) is 3.03. The zero-order valence-electron chi connectivity index (χ0n) is 7.74. The Bertz CT molecular complexity index is 168. The second kappa shape index (κ2) is 5.60.